The highest BCUT2D eigenvalue weighted by atomic mass is 19.4. The first-order chi connectivity index (χ1) is 17.3. The number of hydrogen-bond acceptors (Lipinski definition) is 3. The zero-order chi connectivity index (χ0) is 25.3. The van der Waals surface area contributed by atoms with Crippen LogP contribution in [0.25, 0.3) is 16.9 Å². The van der Waals surface area contributed by atoms with E-state index in [4.69, 9.17) is 5.10 Å². The van der Waals surface area contributed by atoms with Crippen LogP contribution in [0.2, 0.25) is 0 Å². The number of nitrogens with zero attached hydrogens (tertiary/aromatic N) is 4. The molecule has 3 aromatic carbocycles. The van der Waals surface area contributed by atoms with E-state index in [0.29, 0.717) is 43.3 Å². The Balaban J connectivity index is 1.39. The van der Waals surface area contributed by atoms with Crippen LogP contribution in [0.4, 0.5) is 18.9 Å². The summed E-state index contributed by atoms with van der Waals surface area (Å²) in [4.78, 5) is 17.2. The molecule has 184 valence electrons. The lowest BCUT2D eigenvalue weighted by molar-refractivity contribution is -0.137. The van der Waals surface area contributed by atoms with Crippen LogP contribution < -0.4 is 4.90 Å². The average Bonchev–Trinajstić information content (AvgIpc) is 3.34. The molecule has 36 heavy (non-hydrogen) atoms. The molecule has 0 saturated carbocycles. The number of piperazine rings is 1. The van der Waals surface area contributed by atoms with Crippen molar-refractivity contribution in [2.75, 3.05) is 31.1 Å². The van der Waals surface area contributed by atoms with E-state index < -0.39 is 11.7 Å². The van der Waals surface area contributed by atoms with Crippen LogP contribution in [0, 0.1) is 6.92 Å². The van der Waals surface area contributed by atoms with Gasteiger partial charge < -0.3 is 9.80 Å². The number of benzene rings is 3. The molecule has 0 radical (unpaired) electrons. The monoisotopic (exact) mass is 490 g/mol. The molecule has 0 aliphatic carbocycles. The molecule has 0 spiro atoms. The van der Waals surface area contributed by atoms with Crippen molar-refractivity contribution in [3.05, 3.63) is 102 Å². The van der Waals surface area contributed by atoms with Crippen LogP contribution >= 0.6 is 0 Å². The summed E-state index contributed by atoms with van der Waals surface area (Å²) in [5.41, 5.74) is 3.78. The van der Waals surface area contributed by atoms with E-state index in [1.54, 1.807) is 21.7 Å². The van der Waals surface area contributed by atoms with Crippen molar-refractivity contribution in [2.24, 2.45) is 0 Å². The van der Waals surface area contributed by atoms with Gasteiger partial charge in [0.25, 0.3) is 5.91 Å². The highest BCUT2D eigenvalue weighted by Gasteiger charge is 2.32. The maximum Gasteiger partial charge on any atom is 0.416 e. The Bertz CT molecular complexity index is 1360. The number of aryl methyl sites for hydroxylation is 1. The molecule has 1 aromatic heterocycles. The average molecular weight is 491 g/mol. The van der Waals surface area contributed by atoms with Crippen molar-refractivity contribution in [1.29, 1.82) is 0 Å². The second-order valence-corrected chi connectivity index (χ2v) is 8.86. The summed E-state index contributed by atoms with van der Waals surface area (Å²) in [6, 6.07) is 24.6. The molecule has 1 aliphatic rings. The topological polar surface area (TPSA) is 41.4 Å². The number of alkyl halides is 3. The molecule has 0 atom stereocenters. The van der Waals surface area contributed by atoms with Gasteiger partial charge in [-0.3, -0.25) is 4.79 Å². The molecule has 2 heterocycles. The smallest absolute Gasteiger partial charge is 0.368 e. The van der Waals surface area contributed by atoms with Crippen LogP contribution in [0.5, 0.6) is 0 Å². The molecule has 8 heteroatoms. The van der Waals surface area contributed by atoms with Gasteiger partial charge in [0.1, 0.15) is 5.69 Å². The first-order valence-electron chi connectivity index (χ1n) is 11.7. The van der Waals surface area contributed by atoms with Crippen molar-refractivity contribution in [3.8, 4) is 16.9 Å². The Labute approximate surface area is 207 Å². The van der Waals surface area contributed by atoms with Gasteiger partial charge in [0, 0.05) is 37.4 Å². The quantitative estimate of drug-likeness (QED) is 0.362. The first kappa shape index (κ1) is 23.7. The lowest BCUT2D eigenvalue weighted by Crippen LogP contribution is -2.49. The molecule has 1 saturated heterocycles. The fourth-order valence-corrected chi connectivity index (χ4v) is 4.37. The minimum Gasteiger partial charge on any atom is -0.368 e. The fraction of sp³-hybridized carbons (Fsp3) is 0.214. The van der Waals surface area contributed by atoms with E-state index in [9.17, 15) is 18.0 Å². The SMILES string of the molecule is Cc1ccc(-n2nc(-c3ccccc3)cc2C(=O)N2CCN(c3cccc(C(F)(F)F)c3)CC2)cc1. The second kappa shape index (κ2) is 9.53. The second-order valence-electron chi connectivity index (χ2n) is 8.86. The molecule has 1 aliphatic heterocycles. The van der Waals surface area contributed by atoms with Gasteiger partial charge in [0.15, 0.2) is 0 Å². The van der Waals surface area contributed by atoms with Gasteiger partial charge in [-0.25, -0.2) is 4.68 Å². The summed E-state index contributed by atoms with van der Waals surface area (Å²) in [7, 11) is 0. The van der Waals surface area contributed by atoms with E-state index in [1.807, 2.05) is 66.4 Å². The van der Waals surface area contributed by atoms with Crippen molar-refractivity contribution in [3.63, 3.8) is 0 Å². The molecule has 4 aromatic rings. The minimum absolute atomic E-state index is 0.158. The van der Waals surface area contributed by atoms with E-state index in [1.165, 1.54) is 6.07 Å². The lowest BCUT2D eigenvalue weighted by Gasteiger charge is -2.36. The number of anilines is 1. The molecule has 0 N–H and O–H groups in total. The van der Waals surface area contributed by atoms with Crippen LogP contribution in [0.15, 0.2) is 84.9 Å². The molecule has 1 fully saturated rings. The minimum atomic E-state index is -4.39. The molecule has 1 amide bonds. The van der Waals surface area contributed by atoms with Gasteiger partial charge >= 0.3 is 6.18 Å². The Hall–Kier alpha value is -4.07. The van der Waals surface area contributed by atoms with Crippen LogP contribution in [-0.4, -0.2) is 46.8 Å². The fourth-order valence-electron chi connectivity index (χ4n) is 4.37. The number of amides is 1. The van der Waals surface area contributed by atoms with Gasteiger partial charge in [-0.2, -0.15) is 18.3 Å². The highest BCUT2D eigenvalue weighted by Crippen LogP contribution is 2.32. The summed E-state index contributed by atoms with van der Waals surface area (Å²) in [5, 5.41) is 4.74. The summed E-state index contributed by atoms with van der Waals surface area (Å²) >= 11 is 0. The first-order valence-corrected chi connectivity index (χ1v) is 11.7. The molecular formula is C28H25F3N4O. The standard InChI is InChI=1S/C28H25F3N4O/c1-20-10-12-23(13-11-20)35-26(19-25(32-35)21-6-3-2-4-7-21)27(36)34-16-14-33(15-17-34)24-9-5-8-22(18-24)28(29,30)31/h2-13,18-19H,14-17H2,1H3. The zero-order valence-corrected chi connectivity index (χ0v) is 19.7. The third-order valence-electron chi connectivity index (χ3n) is 6.38. The van der Waals surface area contributed by atoms with Crippen molar-refractivity contribution in [2.45, 2.75) is 13.1 Å². The zero-order valence-electron chi connectivity index (χ0n) is 19.7. The van der Waals surface area contributed by atoms with Crippen molar-refractivity contribution < 1.29 is 18.0 Å². The normalized spacial score (nSPS) is 14.2. The van der Waals surface area contributed by atoms with Crippen LogP contribution in [-0.2, 0) is 6.18 Å². The van der Waals surface area contributed by atoms with E-state index in [0.717, 1.165) is 28.9 Å². The molecule has 0 unspecified atom stereocenters. The van der Waals surface area contributed by atoms with Crippen LogP contribution in [0.3, 0.4) is 0 Å². The van der Waals surface area contributed by atoms with Gasteiger partial charge in [-0.05, 0) is 43.3 Å². The van der Waals surface area contributed by atoms with E-state index in [2.05, 4.69) is 0 Å². The van der Waals surface area contributed by atoms with Gasteiger partial charge in [0.2, 0.25) is 0 Å². The lowest BCUT2D eigenvalue weighted by atomic mass is 10.1. The number of carbonyl (C=O) groups excluding carboxylic acids is 1. The maximum atomic E-state index is 13.6. The number of carbonyl (C=O) groups is 1. The molecular weight excluding hydrogens is 465 g/mol. The summed E-state index contributed by atoms with van der Waals surface area (Å²) in [6.45, 7) is 3.68. The Morgan fingerprint density at radius 2 is 1.50 bits per heavy atom. The summed E-state index contributed by atoms with van der Waals surface area (Å²) in [5.74, 6) is -0.158. The number of hydrogen-bond donors (Lipinski definition) is 0. The van der Waals surface area contributed by atoms with Crippen molar-refractivity contribution in [1.82, 2.24) is 14.7 Å². The molecule has 5 rings (SSSR count). The number of halogens is 3. The molecule has 0 bridgehead atoms. The largest absolute Gasteiger partial charge is 0.416 e. The predicted molar refractivity (Wildman–Crippen MR) is 133 cm³/mol. The van der Waals surface area contributed by atoms with Gasteiger partial charge in [-0.1, -0.05) is 54.1 Å². The third-order valence-corrected chi connectivity index (χ3v) is 6.38. The van der Waals surface area contributed by atoms with Crippen LogP contribution in [0.1, 0.15) is 21.6 Å². The summed E-state index contributed by atoms with van der Waals surface area (Å²) in [6.07, 6.45) is -4.39. The van der Waals surface area contributed by atoms with E-state index in [-0.39, 0.29) is 5.91 Å². The van der Waals surface area contributed by atoms with Gasteiger partial charge in [0.05, 0.1) is 16.9 Å². The maximum absolute atomic E-state index is 13.6. The number of aromatic nitrogens is 2. The Kier molecular flexibility index (Phi) is 6.26. The van der Waals surface area contributed by atoms with Crippen molar-refractivity contribution >= 4 is 11.6 Å². The molecule has 5 nitrogen and oxygen atoms in total. The van der Waals surface area contributed by atoms with Gasteiger partial charge in [-0.15, -0.1) is 0 Å². The van der Waals surface area contributed by atoms with E-state index >= 15 is 0 Å². The third kappa shape index (κ3) is 4.84. The predicted octanol–water partition coefficient (Wildman–Crippen LogP) is 5.83. The number of rotatable bonds is 4. The highest BCUT2D eigenvalue weighted by molar-refractivity contribution is 5.94. The Morgan fingerprint density at radius 3 is 2.17 bits per heavy atom. The Morgan fingerprint density at radius 1 is 0.806 bits per heavy atom. The summed E-state index contributed by atoms with van der Waals surface area (Å²) < 4.78 is 41.1.